The molecule has 2 heterocycles. The molecule has 0 saturated carbocycles. The molecular weight excluding hydrogens is 406 g/mol. The second-order valence-corrected chi connectivity index (χ2v) is 5.88. The minimum atomic E-state index is -0.145. The number of phenols is 2. The zero-order valence-corrected chi connectivity index (χ0v) is 13.5. The van der Waals surface area contributed by atoms with Crippen LogP contribution in [-0.2, 0) is 0 Å². The summed E-state index contributed by atoms with van der Waals surface area (Å²) in [6.07, 6.45) is 1.62. The van der Waals surface area contributed by atoms with Gasteiger partial charge in [0.15, 0.2) is 0 Å². The minimum absolute atomic E-state index is 0.0479. The van der Waals surface area contributed by atoms with Gasteiger partial charge in [0.1, 0.15) is 17.2 Å². The number of hydrogen-bond donors (Lipinski definition) is 2. The van der Waals surface area contributed by atoms with E-state index in [1.54, 1.807) is 6.20 Å². The van der Waals surface area contributed by atoms with Crippen LogP contribution in [0.2, 0.25) is 0 Å². The summed E-state index contributed by atoms with van der Waals surface area (Å²) in [6.45, 7) is 0. The van der Waals surface area contributed by atoms with Crippen LogP contribution in [0.4, 0.5) is 0 Å². The van der Waals surface area contributed by atoms with E-state index in [1.807, 2.05) is 6.07 Å². The topological polar surface area (TPSA) is 92.3 Å². The number of benzene rings is 1. The zero-order chi connectivity index (χ0) is 15.0. The van der Waals surface area contributed by atoms with Crippen molar-refractivity contribution in [1.29, 1.82) is 0 Å². The Kier molecular flexibility index (Phi) is 3.64. The van der Waals surface area contributed by atoms with Gasteiger partial charge >= 0.3 is 0 Å². The van der Waals surface area contributed by atoms with Gasteiger partial charge in [-0.15, -0.1) is 0 Å². The van der Waals surface area contributed by atoms with E-state index >= 15 is 0 Å². The number of aromatic hydroxyl groups is 2. The highest BCUT2D eigenvalue weighted by molar-refractivity contribution is 9.11. The Morgan fingerprint density at radius 3 is 2.62 bits per heavy atom. The van der Waals surface area contributed by atoms with Crippen LogP contribution < -0.4 is 0 Å². The maximum Gasteiger partial charge on any atom is 0.262 e. The highest BCUT2D eigenvalue weighted by atomic mass is 79.9. The summed E-state index contributed by atoms with van der Waals surface area (Å²) in [5.74, 6) is 0.234. The lowest BCUT2D eigenvalue weighted by atomic mass is 10.2. The number of phenolic OH excluding ortho intramolecular Hbond substituents is 2. The molecule has 0 bridgehead atoms. The number of rotatable bonds is 2. The third kappa shape index (κ3) is 2.77. The Hall–Kier alpha value is -1.93. The Morgan fingerprint density at radius 2 is 1.90 bits per heavy atom. The van der Waals surface area contributed by atoms with Crippen molar-refractivity contribution < 1.29 is 14.7 Å². The van der Waals surface area contributed by atoms with E-state index in [4.69, 9.17) is 4.52 Å². The number of hydrogen-bond acceptors (Lipinski definition) is 6. The van der Waals surface area contributed by atoms with Gasteiger partial charge in [0.2, 0.25) is 5.82 Å². The lowest BCUT2D eigenvalue weighted by Crippen LogP contribution is -1.88. The first-order valence-corrected chi connectivity index (χ1v) is 7.30. The van der Waals surface area contributed by atoms with E-state index in [-0.39, 0.29) is 23.2 Å². The van der Waals surface area contributed by atoms with Crippen molar-refractivity contribution >= 4 is 31.9 Å². The fraction of sp³-hybridized carbons (Fsp3) is 0. The number of nitrogens with zero attached hydrogens (tertiary/aromatic N) is 3. The molecule has 8 heteroatoms. The Labute approximate surface area is 135 Å². The Bertz CT molecular complexity index is 754. The monoisotopic (exact) mass is 411 g/mol. The summed E-state index contributed by atoms with van der Waals surface area (Å²) in [5, 5.41) is 22.9. The number of aromatic nitrogens is 3. The fourth-order valence-corrected chi connectivity index (χ4v) is 2.87. The van der Waals surface area contributed by atoms with Gasteiger partial charge in [0, 0.05) is 21.2 Å². The molecule has 0 atom stereocenters. The molecule has 0 aliphatic carbocycles. The summed E-state index contributed by atoms with van der Waals surface area (Å²) < 4.78 is 6.66. The van der Waals surface area contributed by atoms with Crippen LogP contribution in [-0.4, -0.2) is 25.3 Å². The highest BCUT2D eigenvalue weighted by Gasteiger charge is 2.17. The summed E-state index contributed by atoms with van der Waals surface area (Å²) in [7, 11) is 0. The number of pyridine rings is 1. The third-order valence-electron chi connectivity index (χ3n) is 2.66. The second kappa shape index (κ2) is 5.45. The molecule has 3 rings (SSSR count). The van der Waals surface area contributed by atoms with Gasteiger partial charge in [-0.25, -0.2) is 0 Å². The van der Waals surface area contributed by atoms with Crippen LogP contribution in [0, 0.1) is 0 Å². The molecule has 0 fully saturated rings. The van der Waals surface area contributed by atoms with Gasteiger partial charge in [-0.05, 0) is 50.1 Å². The van der Waals surface area contributed by atoms with Crippen LogP contribution in [0.25, 0.3) is 23.0 Å². The smallest absolute Gasteiger partial charge is 0.262 e. The molecule has 106 valence electrons. The van der Waals surface area contributed by atoms with Gasteiger partial charge in [0.05, 0.1) is 5.56 Å². The predicted octanol–water partition coefficient (Wildman–Crippen LogP) is 3.73. The third-order valence-corrected chi connectivity index (χ3v) is 3.70. The molecule has 2 N–H and O–H groups in total. The van der Waals surface area contributed by atoms with Crippen molar-refractivity contribution in [1.82, 2.24) is 15.1 Å². The lowest BCUT2D eigenvalue weighted by molar-refractivity contribution is 0.423. The van der Waals surface area contributed by atoms with Crippen molar-refractivity contribution in [3.05, 3.63) is 39.4 Å². The molecule has 6 nitrogen and oxygen atoms in total. The van der Waals surface area contributed by atoms with Crippen LogP contribution in [0.3, 0.4) is 0 Å². The molecule has 1 aromatic carbocycles. The summed E-state index contributed by atoms with van der Waals surface area (Å²) in [4.78, 5) is 8.41. The molecule has 0 aliphatic rings. The van der Waals surface area contributed by atoms with E-state index in [9.17, 15) is 10.2 Å². The standard InChI is InChI=1S/C13H7Br2N3O3/c14-6-3-9(15)11(16-5-6)12-17-13(21-18-12)8-2-1-7(19)4-10(8)20/h1-5,19-20H. The van der Waals surface area contributed by atoms with E-state index in [0.717, 1.165) is 4.47 Å². The SMILES string of the molecule is Oc1ccc(-c2nc(-c3ncc(Br)cc3Br)no2)c(O)c1. The first kappa shape index (κ1) is 14.0. The molecule has 3 aromatic rings. The van der Waals surface area contributed by atoms with Gasteiger partial charge < -0.3 is 14.7 Å². The maximum absolute atomic E-state index is 9.80. The quantitative estimate of drug-likeness (QED) is 0.666. The molecule has 0 radical (unpaired) electrons. The Balaban J connectivity index is 2.03. The summed E-state index contributed by atoms with van der Waals surface area (Å²) in [6, 6.07) is 5.93. The minimum Gasteiger partial charge on any atom is -0.508 e. The molecule has 21 heavy (non-hydrogen) atoms. The molecule has 0 amide bonds. The maximum atomic E-state index is 9.80. The van der Waals surface area contributed by atoms with Crippen molar-refractivity contribution in [3.8, 4) is 34.5 Å². The average molecular weight is 413 g/mol. The van der Waals surface area contributed by atoms with E-state index in [0.29, 0.717) is 15.7 Å². The summed E-state index contributed by atoms with van der Waals surface area (Å²) in [5.41, 5.74) is 0.853. The first-order valence-electron chi connectivity index (χ1n) is 5.72. The van der Waals surface area contributed by atoms with Gasteiger partial charge in [-0.1, -0.05) is 5.16 Å². The van der Waals surface area contributed by atoms with Crippen LogP contribution >= 0.6 is 31.9 Å². The van der Waals surface area contributed by atoms with Gasteiger partial charge in [-0.3, -0.25) is 4.98 Å². The van der Waals surface area contributed by atoms with Crippen molar-refractivity contribution in [2.75, 3.05) is 0 Å². The average Bonchev–Trinajstić information content (AvgIpc) is 2.87. The van der Waals surface area contributed by atoms with Crippen LogP contribution in [0.15, 0.2) is 43.9 Å². The highest BCUT2D eigenvalue weighted by Crippen LogP contribution is 2.33. The molecule has 0 aliphatic heterocycles. The Morgan fingerprint density at radius 1 is 1.10 bits per heavy atom. The van der Waals surface area contributed by atoms with Crippen molar-refractivity contribution in [3.63, 3.8) is 0 Å². The first-order chi connectivity index (χ1) is 10.0. The zero-order valence-electron chi connectivity index (χ0n) is 10.3. The molecular formula is C13H7Br2N3O3. The molecule has 2 aromatic heterocycles. The molecule has 0 unspecified atom stereocenters. The van der Waals surface area contributed by atoms with E-state index in [1.165, 1.54) is 18.2 Å². The van der Waals surface area contributed by atoms with Crippen LogP contribution in [0.1, 0.15) is 0 Å². The predicted molar refractivity (Wildman–Crippen MR) is 81.7 cm³/mol. The van der Waals surface area contributed by atoms with Crippen molar-refractivity contribution in [2.45, 2.75) is 0 Å². The van der Waals surface area contributed by atoms with Crippen molar-refractivity contribution in [2.24, 2.45) is 0 Å². The number of halogens is 2. The fourth-order valence-electron chi connectivity index (χ4n) is 1.71. The van der Waals surface area contributed by atoms with E-state index < -0.39 is 0 Å². The lowest BCUT2D eigenvalue weighted by Gasteiger charge is -1.99. The molecule has 0 spiro atoms. The van der Waals surface area contributed by atoms with E-state index in [2.05, 4.69) is 47.0 Å². The largest absolute Gasteiger partial charge is 0.508 e. The second-order valence-electron chi connectivity index (χ2n) is 4.11. The van der Waals surface area contributed by atoms with Crippen LogP contribution in [0.5, 0.6) is 11.5 Å². The van der Waals surface area contributed by atoms with Gasteiger partial charge in [-0.2, -0.15) is 4.98 Å². The van der Waals surface area contributed by atoms with Gasteiger partial charge in [0.25, 0.3) is 5.89 Å². The molecule has 0 saturated heterocycles. The summed E-state index contributed by atoms with van der Waals surface area (Å²) >= 11 is 6.69. The normalized spacial score (nSPS) is 10.8.